The summed E-state index contributed by atoms with van der Waals surface area (Å²) in [7, 11) is 0. The molecule has 0 unspecified atom stereocenters. The lowest BCUT2D eigenvalue weighted by Crippen LogP contribution is -2.05. The Hall–Kier alpha value is -1.22. The standard InChI is InChI=1S/C10H16N2O.C2H6/c1-8-3-4-10(9(11)7-8)12-5-2-6-13;1-2/h3-4,7,12-13H,2,5-6,11H2,1H3;1-2H3. The summed E-state index contributed by atoms with van der Waals surface area (Å²) in [6.45, 7) is 6.97. The summed E-state index contributed by atoms with van der Waals surface area (Å²) in [4.78, 5) is 0. The monoisotopic (exact) mass is 210 g/mol. The third-order valence-corrected chi connectivity index (χ3v) is 1.86. The van der Waals surface area contributed by atoms with Crippen LogP contribution in [-0.4, -0.2) is 18.3 Å². The first-order valence-electron chi connectivity index (χ1n) is 5.45. The fourth-order valence-electron chi connectivity index (χ4n) is 1.15. The number of rotatable bonds is 4. The summed E-state index contributed by atoms with van der Waals surface area (Å²) < 4.78 is 0. The van der Waals surface area contributed by atoms with Gasteiger partial charge in [-0.3, -0.25) is 0 Å². The minimum absolute atomic E-state index is 0.207. The summed E-state index contributed by atoms with van der Waals surface area (Å²) in [6, 6.07) is 5.90. The fraction of sp³-hybridized carbons (Fsp3) is 0.500. The molecular formula is C12H22N2O. The van der Waals surface area contributed by atoms with Crippen molar-refractivity contribution in [2.45, 2.75) is 27.2 Å². The van der Waals surface area contributed by atoms with Gasteiger partial charge in [-0.1, -0.05) is 19.9 Å². The number of anilines is 2. The predicted molar refractivity (Wildman–Crippen MR) is 67.1 cm³/mol. The second-order valence-corrected chi connectivity index (χ2v) is 3.09. The Morgan fingerprint density at radius 3 is 2.53 bits per heavy atom. The van der Waals surface area contributed by atoms with E-state index in [4.69, 9.17) is 10.8 Å². The zero-order chi connectivity index (χ0) is 11.7. The van der Waals surface area contributed by atoms with Gasteiger partial charge in [-0.2, -0.15) is 0 Å². The Morgan fingerprint density at radius 1 is 1.33 bits per heavy atom. The van der Waals surface area contributed by atoms with Crippen molar-refractivity contribution in [2.24, 2.45) is 0 Å². The van der Waals surface area contributed by atoms with Gasteiger partial charge in [-0.15, -0.1) is 0 Å². The van der Waals surface area contributed by atoms with Crippen LogP contribution in [0.2, 0.25) is 0 Å². The van der Waals surface area contributed by atoms with Gasteiger partial charge in [0.1, 0.15) is 0 Å². The third-order valence-electron chi connectivity index (χ3n) is 1.86. The van der Waals surface area contributed by atoms with E-state index in [2.05, 4.69) is 5.32 Å². The Labute approximate surface area is 92.3 Å². The van der Waals surface area contributed by atoms with Crippen LogP contribution in [-0.2, 0) is 0 Å². The maximum Gasteiger partial charge on any atom is 0.0574 e. The van der Waals surface area contributed by atoms with Gasteiger partial charge in [0.2, 0.25) is 0 Å². The van der Waals surface area contributed by atoms with Crippen LogP contribution in [0.4, 0.5) is 11.4 Å². The van der Waals surface area contributed by atoms with E-state index in [0.717, 1.165) is 29.9 Å². The molecule has 15 heavy (non-hydrogen) atoms. The quantitative estimate of drug-likeness (QED) is 0.528. The van der Waals surface area contributed by atoms with Crippen molar-refractivity contribution >= 4 is 11.4 Å². The van der Waals surface area contributed by atoms with E-state index in [1.54, 1.807) is 0 Å². The number of aryl methyl sites for hydroxylation is 1. The molecule has 1 aromatic carbocycles. The molecule has 4 N–H and O–H groups in total. The van der Waals surface area contributed by atoms with Gasteiger partial charge in [0.05, 0.1) is 11.4 Å². The van der Waals surface area contributed by atoms with E-state index in [9.17, 15) is 0 Å². The molecule has 0 saturated heterocycles. The van der Waals surface area contributed by atoms with Gasteiger partial charge >= 0.3 is 0 Å². The average Bonchev–Trinajstić information content (AvgIpc) is 2.24. The van der Waals surface area contributed by atoms with Crippen LogP contribution in [0.5, 0.6) is 0 Å². The zero-order valence-electron chi connectivity index (χ0n) is 9.88. The van der Waals surface area contributed by atoms with Crippen LogP contribution in [0.3, 0.4) is 0 Å². The number of nitrogens with two attached hydrogens (primary N) is 1. The van der Waals surface area contributed by atoms with Gasteiger partial charge in [0.15, 0.2) is 0 Å². The van der Waals surface area contributed by atoms with Crippen LogP contribution < -0.4 is 11.1 Å². The smallest absolute Gasteiger partial charge is 0.0574 e. The molecule has 0 bridgehead atoms. The molecule has 0 amide bonds. The topological polar surface area (TPSA) is 58.3 Å². The van der Waals surface area contributed by atoms with E-state index in [-0.39, 0.29) is 6.61 Å². The predicted octanol–water partition coefficient (Wildman–Crippen LogP) is 2.40. The molecule has 3 heteroatoms. The summed E-state index contributed by atoms with van der Waals surface area (Å²) in [5, 5.41) is 11.7. The normalized spacial score (nSPS) is 9.07. The molecule has 1 aromatic rings. The number of nitrogen functional groups attached to an aromatic ring is 1. The molecule has 0 aliphatic heterocycles. The van der Waals surface area contributed by atoms with E-state index < -0.39 is 0 Å². The lowest BCUT2D eigenvalue weighted by molar-refractivity contribution is 0.292. The summed E-state index contributed by atoms with van der Waals surface area (Å²) in [5.41, 5.74) is 8.64. The molecular weight excluding hydrogens is 188 g/mol. The van der Waals surface area contributed by atoms with Crippen LogP contribution in [0.1, 0.15) is 25.8 Å². The summed E-state index contributed by atoms with van der Waals surface area (Å²) in [5.74, 6) is 0. The molecule has 0 aromatic heterocycles. The van der Waals surface area contributed by atoms with Crippen molar-refractivity contribution in [3.8, 4) is 0 Å². The van der Waals surface area contributed by atoms with Gasteiger partial charge < -0.3 is 16.2 Å². The van der Waals surface area contributed by atoms with E-state index in [1.165, 1.54) is 0 Å². The highest BCUT2D eigenvalue weighted by Gasteiger charge is 1.96. The SMILES string of the molecule is CC.Cc1ccc(NCCCO)c(N)c1. The molecule has 0 fully saturated rings. The first-order chi connectivity index (χ1) is 7.24. The van der Waals surface area contributed by atoms with Crippen molar-refractivity contribution < 1.29 is 5.11 Å². The lowest BCUT2D eigenvalue weighted by Gasteiger charge is -2.08. The molecule has 0 aliphatic rings. The second kappa shape index (κ2) is 8.12. The number of aliphatic hydroxyl groups is 1. The van der Waals surface area contributed by atoms with Gasteiger partial charge in [-0.05, 0) is 31.0 Å². The van der Waals surface area contributed by atoms with Crippen LogP contribution >= 0.6 is 0 Å². The molecule has 0 spiro atoms. The minimum atomic E-state index is 0.207. The Kier molecular flexibility index (Phi) is 7.46. The van der Waals surface area contributed by atoms with Crippen molar-refractivity contribution in [3.05, 3.63) is 23.8 Å². The largest absolute Gasteiger partial charge is 0.397 e. The van der Waals surface area contributed by atoms with Gasteiger partial charge in [0, 0.05) is 13.2 Å². The van der Waals surface area contributed by atoms with Gasteiger partial charge in [0.25, 0.3) is 0 Å². The lowest BCUT2D eigenvalue weighted by atomic mass is 10.2. The Morgan fingerprint density at radius 2 is 2.00 bits per heavy atom. The first kappa shape index (κ1) is 13.8. The zero-order valence-corrected chi connectivity index (χ0v) is 9.88. The minimum Gasteiger partial charge on any atom is -0.397 e. The number of benzene rings is 1. The van der Waals surface area contributed by atoms with Crippen LogP contribution in [0.15, 0.2) is 18.2 Å². The van der Waals surface area contributed by atoms with Crippen molar-refractivity contribution in [2.75, 3.05) is 24.2 Å². The molecule has 86 valence electrons. The summed E-state index contributed by atoms with van der Waals surface area (Å²) >= 11 is 0. The molecule has 0 aliphatic carbocycles. The van der Waals surface area contributed by atoms with Crippen LogP contribution in [0, 0.1) is 6.92 Å². The highest BCUT2D eigenvalue weighted by molar-refractivity contribution is 5.66. The van der Waals surface area contributed by atoms with Crippen molar-refractivity contribution in [1.29, 1.82) is 0 Å². The van der Waals surface area contributed by atoms with Crippen LogP contribution in [0.25, 0.3) is 0 Å². The van der Waals surface area contributed by atoms with Crippen molar-refractivity contribution in [1.82, 2.24) is 0 Å². The number of aliphatic hydroxyl groups excluding tert-OH is 1. The second-order valence-electron chi connectivity index (χ2n) is 3.09. The van der Waals surface area contributed by atoms with E-state index in [0.29, 0.717) is 0 Å². The van der Waals surface area contributed by atoms with Crippen molar-refractivity contribution in [3.63, 3.8) is 0 Å². The Bertz CT molecular complexity index is 274. The number of nitrogens with one attached hydrogen (secondary N) is 1. The molecule has 3 nitrogen and oxygen atoms in total. The number of hydrogen-bond donors (Lipinski definition) is 3. The van der Waals surface area contributed by atoms with Gasteiger partial charge in [-0.25, -0.2) is 0 Å². The molecule has 0 heterocycles. The maximum atomic E-state index is 8.59. The molecule has 0 atom stereocenters. The first-order valence-corrected chi connectivity index (χ1v) is 5.45. The highest BCUT2D eigenvalue weighted by atomic mass is 16.3. The summed E-state index contributed by atoms with van der Waals surface area (Å²) in [6.07, 6.45) is 0.743. The molecule has 1 rings (SSSR count). The maximum absolute atomic E-state index is 8.59. The molecule has 0 radical (unpaired) electrons. The third kappa shape index (κ3) is 5.27. The number of hydrogen-bond acceptors (Lipinski definition) is 3. The average molecular weight is 210 g/mol. The highest BCUT2D eigenvalue weighted by Crippen LogP contribution is 2.18. The fourth-order valence-corrected chi connectivity index (χ4v) is 1.15. The Balaban J connectivity index is 0.000000921. The van der Waals surface area contributed by atoms with E-state index in [1.807, 2.05) is 39.0 Å². The van der Waals surface area contributed by atoms with E-state index >= 15 is 0 Å². The molecule has 0 saturated carbocycles.